The van der Waals surface area contributed by atoms with Crippen molar-refractivity contribution in [1.29, 1.82) is 0 Å². The van der Waals surface area contributed by atoms with Gasteiger partial charge in [0.25, 0.3) is 0 Å². The number of rotatable bonds is 2. The molecule has 0 saturated heterocycles. The molecule has 0 saturated carbocycles. The highest BCUT2D eigenvalue weighted by atomic mass is 16.3. The molecule has 0 unspecified atom stereocenters. The van der Waals surface area contributed by atoms with E-state index in [-0.39, 0.29) is 0 Å². The second kappa shape index (κ2) is 8.05. The lowest BCUT2D eigenvalue weighted by Crippen LogP contribution is -1.95. The Labute approximate surface area is 229 Å². The van der Waals surface area contributed by atoms with Crippen molar-refractivity contribution < 1.29 is 4.42 Å². The number of hydrogen-bond donors (Lipinski definition) is 0. The largest absolute Gasteiger partial charge is 0.456 e. The molecule has 0 aliphatic rings. The molecule has 6 aromatic carbocycles. The van der Waals surface area contributed by atoms with E-state index in [0.717, 1.165) is 38.8 Å². The molecule has 0 fully saturated rings. The number of aromatic nitrogens is 2. The highest BCUT2D eigenvalue weighted by Crippen LogP contribution is 2.44. The summed E-state index contributed by atoms with van der Waals surface area (Å²) in [5.41, 5.74) is 7.56. The van der Waals surface area contributed by atoms with Crippen LogP contribution in [0.3, 0.4) is 0 Å². The Morgan fingerprint density at radius 2 is 1.25 bits per heavy atom. The molecule has 3 heteroatoms. The van der Waals surface area contributed by atoms with E-state index in [1.54, 1.807) is 0 Å². The van der Waals surface area contributed by atoms with E-state index in [1.807, 2.05) is 12.4 Å². The second-order valence-electron chi connectivity index (χ2n) is 10.4. The van der Waals surface area contributed by atoms with Gasteiger partial charge in [-0.2, -0.15) is 0 Å². The fourth-order valence-electron chi connectivity index (χ4n) is 6.62. The molecule has 0 aliphatic heterocycles. The summed E-state index contributed by atoms with van der Waals surface area (Å²) in [7, 11) is 0. The third-order valence-electron chi connectivity index (χ3n) is 8.28. The van der Waals surface area contributed by atoms with E-state index in [1.165, 1.54) is 43.4 Å². The summed E-state index contributed by atoms with van der Waals surface area (Å²) in [5, 5.41) is 9.71. The Kier molecular flexibility index (Phi) is 4.33. The van der Waals surface area contributed by atoms with Gasteiger partial charge in [-0.05, 0) is 57.6 Å². The molecule has 9 aromatic rings. The third-order valence-corrected chi connectivity index (χ3v) is 8.28. The Morgan fingerprint density at radius 3 is 2.12 bits per heavy atom. The van der Waals surface area contributed by atoms with E-state index in [9.17, 15) is 0 Å². The Morgan fingerprint density at radius 1 is 0.500 bits per heavy atom. The van der Waals surface area contributed by atoms with Crippen molar-refractivity contribution in [2.24, 2.45) is 0 Å². The summed E-state index contributed by atoms with van der Waals surface area (Å²) >= 11 is 0. The number of hydrogen-bond acceptors (Lipinski definition) is 2. The standard InChI is InChI=1S/C37H22N2O/c1-2-9-25-23(8-1)16-17-31-35(25)29-12-5-6-14-30(29)39(31)32-22-34-37(28-11-4-3-10-27(28)32)36-26(13-7-15-33(36)40-34)24-18-20-38-21-19-24/h1-22H. The summed E-state index contributed by atoms with van der Waals surface area (Å²) in [4.78, 5) is 4.23. The maximum atomic E-state index is 6.63. The summed E-state index contributed by atoms with van der Waals surface area (Å²) in [6.07, 6.45) is 3.69. The molecule has 3 aromatic heterocycles. The molecular weight excluding hydrogens is 488 g/mol. The molecule has 186 valence electrons. The van der Waals surface area contributed by atoms with Crippen molar-refractivity contribution >= 4 is 65.3 Å². The number of nitrogens with zero attached hydrogens (tertiary/aromatic N) is 2. The molecule has 0 N–H and O–H groups in total. The van der Waals surface area contributed by atoms with E-state index < -0.39 is 0 Å². The summed E-state index contributed by atoms with van der Waals surface area (Å²) < 4.78 is 9.04. The Balaban J connectivity index is 1.46. The van der Waals surface area contributed by atoms with Gasteiger partial charge < -0.3 is 8.98 Å². The van der Waals surface area contributed by atoms with Gasteiger partial charge in [0.2, 0.25) is 0 Å². The monoisotopic (exact) mass is 510 g/mol. The van der Waals surface area contributed by atoms with Crippen LogP contribution in [-0.2, 0) is 0 Å². The number of furan rings is 1. The zero-order valence-corrected chi connectivity index (χ0v) is 21.5. The molecule has 0 amide bonds. The average molecular weight is 511 g/mol. The van der Waals surface area contributed by atoms with Crippen molar-refractivity contribution in [2.75, 3.05) is 0 Å². The Bertz CT molecular complexity index is 2430. The quantitative estimate of drug-likeness (QED) is 0.232. The van der Waals surface area contributed by atoms with Gasteiger partial charge in [-0.1, -0.05) is 84.9 Å². The minimum atomic E-state index is 0.886. The van der Waals surface area contributed by atoms with Gasteiger partial charge >= 0.3 is 0 Å². The van der Waals surface area contributed by atoms with Crippen molar-refractivity contribution in [2.45, 2.75) is 0 Å². The average Bonchev–Trinajstić information content (AvgIpc) is 3.57. The lowest BCUT2D eigenvalue weighted by atomic mass is 9.96. The first kappa shape index (κ1) is 21.5. The van der Waals surface area contributed by atoms with Crippen LogP contribution in [0.4, 0.5) is 0 Å². The minimum Gasteiger partial charge on any atom is -0.456 e. The lowest BCUT2D eigenvalue weighted by Gasteiger charge is -2.13. The molecule has 3 nitrogen and oxygen atoms in total. The summed E-state index contributed by atoms with van der Waals surface area (Å²) in [5.74, 6) is 0. The minimum absolute atomic E-state index is 0.886. The van der Waals surface area contributed by atoms with Crippen LogP contribution in [0.1, 0.15) is 0 Å². The van der Waals surface area contributed by atoms with Crippen LogP contribution in [0.15, 0.2) is 138 Å². The number of para-hydroxylation sites is 1. The van der Waals surface area contributed by atoms with Crippen molar-refractivity contribution in [3.05, 3.63) is 134 Å². The van der Waals surface area contributed by atoms with Crippen LogP contribution < -0.4 is 0 Å². The van der Waals surface area contributed by atoms with E-state index in [2.05, 4.69) is 131 Å². The zero-order valence-electron chi connectivity index (χ0n) is 21.5. The van der Waals surface area contributed by atoms with Crippen molar-refractivity contribution in [3.63, 3.8) is 0 Å². The molecule has 9 rings (SSSR count). The summed E-state index contributed by atoms with van der Waals surface area (Å²) in [6, 6.07) is 43.3. The number of fused-ring (bicyclic) bond motifs is 10. The van der Waals surface area contributed by atoms with Crippen molar-refractivity contribution in [3.8, 4) is 16.8 Å². The second-order valence-corrected chi connectivity index (χ2v) is 10.4. The van der Waals surface area contributed by atoms with Gasteiger partial charge in [0.05, 0.1) is 16.7 Å². The predicted molar refractivity (Wildman–Crippen MR) is 166 cm³/mol. The molecule has 40 heavy (non-hydrogen) atoms. The summed E-state index contributed by atoms with van der Waals surface area (Å²) in [6.45, 7) is 0. The van der Waals surface area contributed by atoms with Crippen LogP contribution in [-0.4, -0.2) is 9.55 Å². The highest BCUT2D eigenvalue weighted by molar-refractivity contribution is 6.26. The van der Waals surface area contributed by atoms with Crippen LogP contribution in [0, 0.1) is 0 Å². The van der Waals surface area contributed by atoms with Gasteiger partial charge in [0, 0.05) is 45.4 Å². The van der Waals surface area contributed by atoms with Crippen LogP contribution in [0.2, 0.25) is 0 Å². The van der Waals surface area contributed by atoms with Crippen LogP contribution >= 0.6 is 0 Å². The number of pyridine rings is 1. The van der Waals surface area contributed by atoms with Crippen molar-refractivity contribution in [1.82, 2.24) is 9.55 Å². The van der Waals surface area contributed by atoms with Gasteiger partial charge in [0.1, 0.15) is 11.2 Å². The van der Waals surface area contributed by atoms with E-state index in [0.29, 0.717) is 0 Å². The van der Waals surface area contributed by atoms with Gasteiger partial charge in [-0.25, -0.2) is 0 Å². The number of benzene rings is 6. The fraction of sp³-hybridized carbons (Fsp3) is 0. The molecule has 0 spiro atoms. The first-order valence-corrected chi connectivity index (χ1v) is 13.6. The smallest absolute Gasteiger partial charge is 0.138 e. The van der Waals surface area contributed by atoms with Crippen LogP contribution in [0.5, 0.6) is 0 Å². The normalized spacial score (nSPS) is 12.0. The maximum absolute atomic E-state index is 6.63. The van der Waals surface area contributed by atoms with Gasteiger partial charge in [0.15, 0.2) is 0 Å². The fourth-order valence-corrected chi connectivity index (χ4v) is 6.62. The molecule has 0 atom stereocenters. The van der Waals surface area contributed by atoms with Crippen LogP contribution in [0.25, 0.3) is 82.1 Å². The third kappa shape index (κ3) is 2.86. The predicted octanol–water partition coefficient (Wildman–Crippen LogP) is 10.1. The molecular formula is C37H22N2O. The molecule has 0 radical (unpaired) electrons. The first-order chi connectivity index (χ1) is 19.9. The zero-order chi connectivity index (χ0) is 26.2. The molecule has 0 aliphatic carbocycles. The lowest BCUT2D eigenvalue weighted by molar-refractivity contribution is 0.669. The SMILES string of the molecule is c1ccc2c(c1)ccc1c2c2ccccc2n1-c1cc2oc3cccc(-c4ccncc4)c3c2c2ccccc12. The Hall–Kier alpha value is -5.41. The molecule has 3 heterocycles. The van der Waals surface area contributed by atoms with Gasteiger partial charge in [-0.3, -0.25) is 4.98 Å². The van der Waals surface area contributed by atoms with E-state index in [4.69, 9.17) is 4.42 Å². The first-order valence-electron chi connectivity index (χ1n) is 13.6. The van der Waals surface area contributed by atoms with Gasteiger partial charge in [-0.15, -0.1) is 0 Å². The maximum Gasteiger partial charge on any atom is 0.138 e. The topological polar surface area (TPSA) is 31.0 Å². The highest BCUT2D eigenvalue weighted by Gasteiger charge is 2.21. The molecule has 0 bridgehead atoms. The van der Waals surface area contributed by atoms with E-state index >= 15 is 0 Å².